The number of carbonyl (C=O) groups excluding carboxylic acids is 2. The third kappa shape index (κ3) is 4.87. The Balaban J connectivity index is 1.79. The fourth-order valence-electron chi connectivity index (χ4n) is 2.81. The molecule has 1 saturated heterocycles. The molecule has 2 rings (SSSR count). The van der Waals surface area contributed by atoms with Crippen molar-refractivity contribution in [3.05, 3.63) is 29.8 Å². The number of likely N-dealkylation sites (tertiary alicyclic amines) is 1. The minimum atomic E-state index is -0.451. The molecule has 0 radical (unpaired) electrons. The summed E-state index contributed by atoms with van der Waals surface area (Å²) in [5.41, 5.74) is 6.44. The van der Waals surface area contributed by atoms with Gasteiger partial charge in [-0.1, -0.05) is 12.1 Å². The number of primary amides is 1. The number of carbonyl (C=O) groups is 2. The van der Waals surface area contributed by atoms with E-state index in [1.54, 1.807) is 16.8 Å². The summed E-state index contributed by atoms with van der Waals surface area (Å²) in [6.07, 6.45) is 1.61. The van der Waals surface area contributed by atoms with Crippen molar-refractivity contribution < 1.29 is 14.3 Å². The number of amides is 3. The van der Waals surface area contributed by atoms with Crippen LogP contribution in [0.25, 0.3) is 0 Å². The second kappa shape index (κ2) is 7.85. The third-order valence-electron chi connectivity index (χ3n) is 4.14. The lowest BCUT2D eigenvalue weighted by atomic mass is 9.97. The molecule has 1 aromatic rings. The zero-order valence-electron chi connectivity index (χ0n) is 13.8. The second-order valence-electron chi connectivity index (χ2n) is 6.05. The number of nitrogens with zero attached hydrogens (tertiary/aromatic N) is 2. The van der Waals surface area contributed by atoms with E-state index in [0.29, 0.717) is 26.2 Å². The third-order valence-corrected chi connectivity index (χ3v) is 4.14. The highest BCUT2D eigenvalue weighted by Gasteiger charge is 2.29. The number of hydrogen-bond acceptors (Lipinski definition) is 3. The van der Waals surface area contributed by atoms with E-state index in [0.717, 1.165) is 24.2 Å². The molecule has 2 N–H and O–H groups in total. The van der Waals surface area contributed by atoms with Crippen molar-refractivity contribution in [3.63, 3.8) is 0 Å². The van der Waals surface area contributed by atoms with Crippen molar-refractivity contribution in [2.24, 2.45) is 11.7 Å². The van der Waals surface area contributed by atoms with Crippen LogP contribution >= 0.6 is 0 Å². The first-order valence-electron chi connectivity index (χ1n) is 7.96. The van der Waals surface area contributed by atoms with Gasteiger partial charge in [-0.15, -0.1) is 0 Å². The van der Waals surface area contributed by atoms with E-state index in [-0.39, 0.29) is 11.8 Å². The van der Waals surface area contributed by atoms with Gasteiger partial charge in [0.25, 0.3) is 0 Å². The average Bonchev–Trinajstić information content (AvgIpc) is 2.54. The van der Waals surface area contributed by atoms with Crippen LogP contribution in [-0.2, 0) is 4.79 Å². The second-order valence-corrected chi connectivity index (χ2v) is 6.05. The van der Waals surface area contributed by atoms with Crippen molar-refractivity contribution in [1.29, 1.82) is 0 Å². The Morgan fingerprint density at radius 3 is 2.91 bits per heavy atom. The van der Waals surface area contributed by atoms with Crippen LogP contribution in [-0.4, -0.2) is 55.0 Å². The van der Waals surface area contributed by atoms with Crippen molar-refractivity contribution >= 4 is 11.9 Å². The van der Waals surface area contributed by atoms with Gasteiger partial charge in [-0.3, -0.25) is 4.79 Å². The van der Waals surface area contributed by atoms with E-state index < -0.39 is 6.03 Å². The minimum absolute atomic E-state index is 0.0452. The molecule has 0 bridgehead atoms. The molecule has 6 nitrogen and oxygen atoms in total. The van der Waals surface area contributed by atoms with E-state index in [1.807, 2.05) is 31.2 Å². The summed E-state index contributed by atoms with van der Waals surface area (Å²) < 4.78 is 5.68. The zero-order valence-corrected chi connectivity index (χ0v) is 13.8. The molecule has 3 amide bonds. The standard InChI is InChI=1S/C17H25N3O3/c1-13-5-3-7-15(11-13)23-10-9-19(2)16(21)14-6-4-8-20(12-14)17(18)22/h3,5,7,11,14H,4,6,8-10,12H2,1-2H3,(H2,18,22)/t14-/m0/s1. The van der Waals surface area contributed by atoms with Crippen LogP contribution in [0.15, 0.2) is 24.3 Å². The SMILES string of the molecule is Cc1cccc(OCCN(C)C(=O)[C@H]2CCCN(C(N)=O)C2)c1. The van der Waals surface area contributed by atoms with Crippen LogP contribution in [0.5, 0.6) is 5.75 Å². The maximum absolute atomic E-state index is 12.5. The molecule has 1 aromatic carbocycles. The van der Waals surface area contributed by atoms with Crippen LogP contribution in [0.2, 0.25) is 0 Å². The van der Waals surface area contributed by atoms with Gasteiger partial charge < -0.3 is 20.3 Å². The molecule has 1 aliphatic heterocycles. The summed E-state index contributed by atoms with van der Waals surface area (Å²) in [6, 6.07) is 7.37. The topological polar surface area (TPSA) is 75.9 Å². The molecule has 0 spiro atoms. The Kier molecular flexibility index (Phi) is 5.84. The summed E-state index contributed by atoms with van der Waals surface area (Å²) in [6.45, 7) is 4.02. The van der Waals surface area contributed by atoms with Gasteiger partial charge >= 0.3 is 6.03 Å². The Bertz CT molecular complexity index is 562. The number of piperidine rings is 1. The smallest absolute Gasteiger partial charge is 0.314 e. The number of likely N-dealkylation sites (N-methyl/N-ethyl adjacent to an activating group) is 1. The van der Waals surface area contributed by atoms with Gasteiger partial charge in [0.1, 0.15) is 12.4 Å². The average molecular weight is 319 g/mol. The maximum atomic E-state index is 12.5. The molecule has 126 valence electrons. The predicted octanol–water partition coefficient (Wildman–Crippen LogP) is 1.62. The fraction of sp³-hybridized carbons (Fsp3) is 0.529. The van der Waals surface area contributed by atoms with E-state index >= 15 is 0 Å². The van der Waals surface area contributed by atoms with Gasteiger partial charge in [-0.25, -0.2) is 4.79 Å². The molecule has 0 aliphatic carbocycles. The zero-order chi connectivity index (χ0) is 16.8. The molecule has 23 heavy (non-hydrogen) atoms. The van der Waals surface area contributed by atoms with Crippen LogP contribution < -0.4 is 10.5 Å². The van der Waals surface area contributed by atoms with Crippen LogP contribution in [0.1, 0.15) is 18.4 Å². The molecule has 1 atom stereocenters. The number of nitrogens with two attached hydrogens (primary N) is 1. The first-order chi connectivity index (χ1) is 11.0. The lowest BCUT2D eigenvalue weighted by molar-refractivity contribution is -0.135. The Morgan fingerprint density at radius 2 is 2.22 bits per heavy atom. The molecule has 1 heterocycles. The first kappa shape index (κ1) is 17.1. The number of hydrogen-bond donors (Lipinski definition) is 1. The number of aryl methyl sites for hydroxylation is 1. The quantitative estimate of drug-likeness (QED) is 0.896. The summed E-state index contributed by atoms with van der Waals surface area (Å²) >= 11 is 0. The van der Waals surface area contributed by atoms with Gasteiger partial charge in [0, 0.05) is 20.1 Å². The van der Waals surface area contributed by atoms with Gasteiger partial charge in [-0.2, -0.15) is 0 Å². The Labute approximate surface area is 137 Å². The Morgan fingerprint density at radius 1 is 1.43 bits per heavy atom. The van der Waals surface area contributed by atoms with Crippen molar-refractivity contribution in [3.8, 4) is 5.75 Å². The lowest BCUT2D eigenvalue weighted by Gasteiger charge is -2.32. The fourth-order valence-corrected chi connectivity index (χ4v) is 2.81. The van der Waals surface area contributed by atoms with Crippen LogP contribution in [0.4, 0.5) is 4.79 Å². The lowest BCUT2D eigenvalue weighted by Crippen LogP contribution is -2.48. The molecule has 6 heteroatoms. The largest absolute Gasteiger partial charge is 0.492 e. The van der Waals surface area contributed by atoms with Gasteiger partial charge in [0.2, 0.25) is 5.91 Å². The monoisotopic (exact) mass is 319 g/mol. The van der Waals surface area contributed by atoms with Gasteiger partial charge in [0.15, 0.2) is 0 Å². The summed E-state index contributed by atoms with van der Waals surface area (Å²) in [5.74, 6) is 0.687. The molecule has 0 saturated carbocycles. The van der Waals surface area contributed by atoms with Crippen molar-refractivity contribution in [2.45, 2.75) is 19.8 Å². The number of urea groups is 1. The molecule has 0 aromatic heterocycles. The van der Waals surface area contributed by atoms with Crippen molar-refractivity contribution in [1.82, 2.24) is 9.80 Å². The number of ether oxygens (including phenoxy) is 1. The Hall–Kier alpha value is -2.24. The maximum Gasteiger partial charge on any atom is 0.314 e. The molecule has 0 unspecified atom stereocenters. The predicted molar refractivity (Wildman–Crippen MR) is 88.2 cm³/mol. The highest BCUT2D eigenvalue weighted by Crippen LogP contribution is 2.18. The van der Waals surface area contributed by atoms with E-state index in [2.05, 4.69) is 0 Å². The molecule has 1 fully saturated rings. The summed E-state index contributed by atoms with van der Waals surface area (Å²) in [5, 5.41) is 0. The number of rotatable bonds is 5. The normalized spacial score (nSPS) is 17.7. The first-order valence-corrected chi connectivity index (χ1v) is 7.96. The van der Waals surface area contributed by atoms with E-state index in [9.17, 15) is 9.59 Å². The van der Waals surface area contributed by atoms with Crippen LogP contribution in [0, 0.1) is 12.8 Å². The van der Waals surface area contributed by atoms with E-state index in [1.165, 1.54) is 0 Å². The summed E-state index contributed by atoms with van der Waals surface area (Å²) in [7, 11) is 1.77. The highest BCUT2D eigenvalue weighted by molar-refractivity contribution is 5.80. The molecule has 1 aliphatic rings. The molecular formula is C17H25N3O3. The van der Waals surface area contributed by atoms with Gasteiger partial charge in [0.05, 0.1) is 12.5 Å². The van der Waals surface area contributed by atoms with E-state index in [4.69, 9.17) is 10.5 Å². The van der Waals surface area contributed by atoms with Crippen molar-refractivity contribution in [2.75, 3.05) is 33.3 Å². The van der Waals surface area contributed by atoms with Crippen LogP contribution in [0.3, 0.4) is 0 Å². The highest BCUT2D eigenvalue weighted by atomic mass is 16.5. The molecular weight excluding hydrogens is 294 g/mol. The number of benzene rings is 1. The summed E-state index contributed by atoms with van der Waals surface area (Å²) in [4.78, 5) is 26.9. The van der Waals surface area contributed by atoms with Gasteiger partial charge in [-0.05, 0) is 37.5 Å². The minimum Gasteiger partial charge on any atom is -0.492 e.